The van der Waals surface area contributed by atoms with Gasteiger partial charge in [-0.15, -0.1) is 0 Å². The molecule has 3 aromatic rings. The fourth-order valence-corrected chi connectivity index (χ4v) is 2.76. The van der Waals surface area contributed by atoms with Crippen LogP contribution in [0.2, 0.25) is 0 Å². The molecule has 1 unspecified atom stereocenters. The lowest BCUT2D eigenvalue weighted by atomic mass is 10.0. The van der Waals surface area contributed by atoms with Gasteiger partial charge in [-0.1, -0.05) is 25.1 Å². The maximum Gasteiger partial charge on any atom is 0.0922 e. The molecular weight excluding hydrogens is 260 g/mol. The van der Waals surface area contributed by atoms with Gasteiger partial charge in [-0.3, -0.25) is 9.67 Å². The van der Waals surface area contributed by atoms with Crippen LogP contribution in [-0.2, 0) is 7.05 Å². The minimum atomic E-state index is 0.0609. The first-order chi connectivity index (χ1) is 10.2. The zero-order chi connectivity index (χ0) is 14.8. The average Bonchev–Trinajstić information content (AvgIpc) is 2.91. The Balaban J connectivity index is 2.14. The summed E-state index contributed by atoms with van der Waals surface area (Å²) in [5.41, 5.74) is 4.45. The first-order valence-corrected chi connectivity index (χ1v) is 7.28. The molecule has 108 valence electrons. The summed E-state index contributed by atoms with van der Waals surface area (Å²) in [6.45, 7) is 5.13. The summed E-state index contributed by atoms with van der Waals surface area (Å²) in [4.78, 5) is 4.85. The molecule has 0 aliphatic heterocycles. The molecule has 0 saturated heterocycles. The Morgan fingerprint density at radius 3 is 2.76 bits per heavy atom. The highest BCUT2D eigenvalue weighted by molar-refractivity contribution is 5.82. The summed E-state index contributed by atoms with van der Waals surface area (Å²) in [5.74, 6) is 0. The molecule has 0 amide bonds. The molecule has 0 radical (unpaired) electrons. The molecule has 0 spiro atoms. The van der Waals surface area contributed by atoms with Crippen LogP contribution in [0.5, 0.6) is 0 Å². The zero-order valence-corrected chi connectivity index (χ0v) is 12.7. The topological polar surface area (TPSA) is 42.7 Å². The number of aromatic nitrogens is 3. The molecule has 0 fully saturated rings. The third-order valence-electron chi connectivity index (χ3n) is 3.80. The molecule has 21 heavy (non-hydrogen) atoms. The first kappa shape index (κ1) is 13.8. The molecule has 0 aliphatic rings. The maximum atomic E-state index is 4.85. The summed E-state index contributed by atoms with van der Waals surface area (Å²) in [6.07, 6.45) is 1.83. The summed E-state index contributed by atoms with van der Waals surface area (Å²) >= 11 is 0. The second-order valence-corrected chi connectivity index (χ2v) is 5.25. The Labute approximate surface area is 124 Å². The number of rotatable bonds is 4. The Morgan fingerprint density at radius 2 is 2.05 bits per heavy atom. The molecule has 4 nitrogen and oxygen atoms in total. The predicted octanol–water partition coefficient (Wildman–Crippen LogP) is 2.98. The highest BCUT2D eigenvalue weighted by Crippen LogP contribution is 2.24. The van der Waals surface area contributed by atoms with Gasteiger partial charge in [0.15, 0.2) is 0 Å². The van der Waals surface area contributed by atoms with Gasteiger partial charge in [-0.25, -0.2) is 0 Å². The molecule has 0 aliphatic carbocycles. The number of hydrogen-bond donors (Lipinski definition) is 1. The van der Waals surface area contributed by atoms with E-state index in [1.54, 1.807) is 0 Å². The van der Waals surface area contributed by atoms with Crippen LogP contribution in [0.4, 0.5) is 0 Å². The number of hydrogen-bond acceptors (Lipinski definition) is 3. The van der Waals surface area contributed by atoms with Gasteiger partial charge in [0.2, 0.25) is 0 Å². The third-order valence-corrected chi connectivity index (χ3v) is 3.80. The number of para-hydroxylation sites is 1. The quantitative estimate of drug-likeness (QED) is 0.799. The molecule has 0 bridgehead atoms. The molecule has 1 N–H and O–H groups in total. The van der Waals surface area contributed by atoms with Gasteiger partial charge < -0.3 is 5.32 Å². The second-order valence-electron chi connectivity index (χ2n) is 5.25. The van der Waals surface area contributed by atoms with E-state index >= 15 is 0 Å². The Morgan fingerprint density at radius 1 is 1.24 bits per heavy atom. The van der Waals surface area contributed by atoms with Gasteiger partial charge >= 0.3 is 0 Å². The normalized spacial score (nSPS) is 12.7. The third kappa shape index (κ3) is 2.54. The van der Waals surface area contributed by atoms with Crippen molar-refractivity contribution in [1.82, 2.24) is 20.1 Å². The number of nitrogens with zero attached hydrogens (tertiary/aromatic N) is 3. The van der Waals surface area contributed by atoms with Crippen LogP contribution < -0.4 is 5.32 Å². The van der Waals surface area contributed by atoms with Crippen molar-refractivity contribution in [2.75, 3.05) is 6.54 Å². The van der Waals surface area contributed by atoms with Crippen molar-refractivity contribution in [2.45, 2.75) is 19.9 Å². The van der Waals surface area contributed by atoms with Gasteiger partial charge in [0, 0.05) is 18.6 Å². The Bertz CT molecular complexity index is 760. The van der Waals surface area contributed by atoms with Crippen LogP contribution in [0.25, 0.3) is 10.9 Å². The fraction of sp³-hybridized carbons (Fsp3) is 0.294. The molecule has 2 aromatic heterocycles. The van der Waals surface area contributed by atoms with E-state index in [9.17, 15) is 0 Å². The number of aryl methyl sites for hydroxylation is 2. The van der Waals surface area contributed by atoms with Crippen LogP contribution in [0.1, 0.15) is 29.9 Å². The van der Waals surface area contributed by atoms with Crippen LogP contribution in [0.15, 0.2) is 42.6 Å². The molecule has 2 heterocycles. The van der Waals surface area contributed by atoms with E-state index in [1.165, 1.54) is 10.9 Å². The SMILES string of the molecule is CCNC(c1cc(C)c2ccccc2n1)c1ccnn1C. The van der Waals surface area contributed by atoms with E-state index in [4.69, 9.17) is 4.98 Å². The van der Waals surface area contributed by atoms with Crippen molar-refractivity contribution >= 4 is 10.9 Å². The second kappa shape index (κ2) is 5.66. The lowest BCUT2D eigenvalue weighted by molar-refractivity contribution is 0.563. The summed E-state index contributed by atoms with van der Waals surface area (Å²) < 4.78 is 1.90. The highest BCUT2D eigenvalue weighted by Gasteiger charge is 2.18. The van der Waals surface area contributed by atoms with Crippen molar-refractivity contribution in [3.8, 4) is 0 Å². The number of benzene rings is 1. The molecule has 0 saturated carbocycles. The highest BCUT2D eigenvalue weighted by atomic mass is 15.3. The lowest BCUT2D eigenvalue weighted by Crippen LogP contribution is -2.25. The van der Waals surface area contributed by atoms with Crippen LogP contribution >= 0.6 is 0 Å². The van der Waals surface area contributed by atoms with E-state index in [0.717, 1.165) is 23.4 Å². The van der Waals surface area contributed by atoms with E-state index in [1.807, 2.05) is 30.1 Å². The van der Waals surface area contributed by atoms with Gasteiger partial charge in [-0.2, -0.15) is 5.10 Å². The molecule has 1 atom stereocenters. The van der Waals surface area contributed by atoms with E-state index in [0.29, 0.717) is 0 Å². The molecular formula is C17H20N4. The standard InChI is InChI=1S/C17H20N4/c1-4-18-17(16-9-10-19-21(16)3)15-11-12(2)13-7-5-6-8-14(13)20-15/h5-11,17-18H,4H2,1-3H3. The van der Waals surface area contributed by atoms with Gasteiger partial charge in [0.1, 0.15) is 0 Å². The zero-order valence-electron chi connectivity index (χ0n) is 12.7. The minimum absolute atomic E-state index is 0.0609. The van der Waals surface area contributed by atoms with Gasteiger partial charge in [0.05, 0.1) is 22.9 Å². The maximum absolute atomic E-state index is 4.85. The monoisotopic (exact) mass is 280 g/mol. The average molecular weight is 280 g/mol. The van der Waals surface area contributed by atoms with Crippen molar-refractivity contribution < 1.29 is 0 Å². The van der Waals surface area contributed by atoms with E-state index in [-0.39, 0.29) is 6.04 Å². The largest absolute Gasteiger partial charge is 0.304 e. The smallest absolute Gasteiger partial charge is 0.0922 e. The summed E-state index contributed by atoms with van der Waals surface area (Å²) in [7, 11) is 1.97. The summed E-state index contributed by atoms with van der Waals surface area (Å²) in [6, 6.07) is 12.5. The van der Waals surface area contributed by atoms with Crippen molar-refractivity contribution in [3.63, 3.8) is 0 Å². The van der Waals surface area contributed by atoms with Crippen LogP contribution in [0.3, 0.4) is 0 Å². The van der Waals surface area contributed by atoms with Gasteiger partial charge in [-0.05, 0) is 37.2 Å². The van der Waals surface area contributed by atoms with Crippen molar-refractivity contribution in [3.05, 3.63) is 59.5 Å². The summed E-state index contributed by atoms with van der Waals surface area (Å²) in [5, 5.41) is 9.00. The van der Waals surface area contributed by atoms with Crippen molar-refractivity contribution in [1.29, 1.82) is 0 Å². The minimum Gasteiger partial charge on any atom is -0.304 e. The Hall–Kier alpha value is -2.20. The number of nitrogens with one attached hydrogen (secondary N) is 1. The Kier molecular flexibility index (Phi) is 3.71. The van der Waals surface area contributed by atoms with Crippen molar-refractivity contribution in [2.24, 2.45) is 7.05 Å². The number of pyridine rings is 1. The van der Waals surface area contributed by atoms with Crippen LogP contribution in [0, 0.1) is 6.92 Å². The van der Waals surface area contributed by atoms with E-state index < -0.39 is 0 Å². The predicted molar refractivity (Wildman–Crippen MR) is 85.2 cm³/mol. The lowest BCUT2D eigenvalue weighted by Gasteiger charge is -2.19. The van der Waals surface area contributed by atoms with E-state index in [2.05, 4.69) is 48.5 Å². The molecule has 1 aromatic carbocycles. The fourth-order valence-electron chi connectivity index (χ4n) is 2.76. The number of fused-ring (bicyclic) bond motifs is 1. The van der Waals surface area contributed by atoms with Crippen LogP contribution in [-0.4, -0.2) is 21.3 Å². The molecule has 4 heteroatoms. The van der Waals surface area contributed by atoms with Gasteiger partial charge in [0.25, 0.3) is 0 Å². The first-order valence-electron chi connectivity index (χ1n) is 7.28. The molecule has 3 rings (SSSR count).